The average Bonchev–Trinajstić information content (AvgIpc) is 3.08. The number of anilines is 1. The van der Waals surface area contributed by atoms with Gasteiger partial charge in [0, 0.05) is 18.7 Å². The Kier molecular flexibility index (Phi) is 5.29. The van der Waals surface area contributed by atoms with Crippen molar-refractivity contribution in [2.75, 3.05) is 24.6 Å². The topological polar surface area (TPSA) is 79.9 Å². The van der Waals surface area contributed by atoms with Crippen molar-refractivity contribution in [1.82, 2.24) is 10.6 Å². The SMILES string of the molecule is Cc1ccc(N2C[C@@H](NC(=O)NC[C@H]3COc4ccccc4O3)CC2=O)cc1C. The van der Waals surface area contributed by atoms with Crippen LogP contribution in [0, 0.1) is 13.8 Å². The minimum Gasteiger partial charge on any atom is -0.486 e. The lowest BCUT2D eigenvalue weighted by Gasteiger charge is -2.26. The van der Waals surface area contributed by atoms with Crippen molar-refractivity contribution >= 4 is 17.6 Å². The van der Waals surface area contributed by atoms with Crippen LogP contribution in [0.2, 0.25) is 0 Å². The number of para-hydroxylation sites is 2. The van der Waals surface area contributed by atoms with Crippen LogP contribution >= 0.6 is 0 Å². The van der Waals surface area contributed by atoms with E-state index in [0.29, 0.717) is 31.2 Å². The van der Waals surface area contributed by atoms with Crippen molar-refractivity contribution in [3.05, 3.63) is 53.6 Å². The van der Waals surface area contributed by atoms with Crippen LogP contribution in [0.1, 0.15) is 17.5 Å². The van der Waals surface area contributed by atoms with E-state index in [-0.39, 0.29) is 30.5 Å². The zero-order valence-corrected chi connectivity index (χ0v) is 16.6. The van der Waals surface area contributed by atoms with E-state index in [4.69, 9.17) is 9.47 Å². The number of fused-ring (bicyclic) bond motifs is 1. The molecule has 7 heteroatoms. The first-order valence-corrected chi connectivity index (χ1v) is 9.80. The van der Waals surface area contributed by atoms with E-state index in [2.05, 4.69) is 10.6 Å². The summed E-state index contributed by atoms with van der Waals surface area (Å²) in [6, 6.07) is 12.9. The van der Waals surface area contributed by atoms with Gasteiger partial charge in [0.2, 0.25) is 5.91 Å². The van der Waals surface area contributed by atoms with Crippen LogP contribution in [0.4, 0.5) is 10.5 Å². The second kappa shape index (κ2) is 8.03. The Balaban J connectivity index is 1.27. The summed E-state index contributed by atoms with van der Waals surface area (Å²) in [6.45, 7) is 5.23. The predicted octanol–water partition coefficient (Wildman–Crippen LogP) is 2.55. The molecular weight excluding hydrogens is 370 g/mol. The first kappa shape index (κ1) is 19.1. The van der Waals surface area contributed by atoms with Gasteiger partial charge in [-0.2, -0.15) is 0 Å². The number of carbonyl (C=O) groups is 2. The molecule has 2 aliphatic heterocycles. The number of aryl methyl sites for hydroxylation is 2. The van der Waals surface area contributed by atoms with E-state index in [1.807, 2.05) is 56.3 Å². The Bertz CT molecular complexity index is 930. The zero-order valence-electron chi connectivity index (χ0n) is 16.6. The fourth-order valence-electron chi connectivity index (χ4n) is 3.55. The first-order valence-electron chi connectivity index (χ1n) is 9.80. The molecule has 0 aliphatic carbocycles. The van der Waals surface area contributed by atoms with Crippen molar-refractivity contribution in [3.63, 3.8) is 0 Å². The maximum absolute atomic E-state index is 12.4. The summed E-state index contributed by atoms with van der Waals surface area (Å²) >= 11 is 0. The summed E-state index contributed by atoms with van der Waals surface area (Å²) in [7, 11) is 0. The van der Waals surface area contributed by atoms with E-state index < -0.39 is 0 Å². The van der Waals surface area contributed by atoms with Gasteiger partial charge in [-0.3, -0.25) is 4.79 Å². The van der Waals surface area contributed by atoms with Crippen LogP contribution in [-0.2, 0) is 4.79 Å². The molecule has 1 fully saturated rings. The van der Waals surface area contributed by atoms with Crippen LogP contribution in [0.15, 0.2) is 42.5 Å². The van der Waals surface area contributed by atoms with Crippen LogP contribution in [0.3, 0.4) is 0 Å². The second-order valence-corrected chi connectivity index (χ2v) is 7.53. The molecule has 29 heavy (non-hydrogen) atoms. The Morgan fingerprint density at radius 2 is 1.93 bits per heavy atom. The number of hydrogen-bond donors (Lipinski definition) is 2. The molecule has 2 atom stereocenters. The predicted molar refractivity (Wildman–Crippen MR) is 110 cm³/mol. The van der Waals surface area contributed by atoms with Gasteiger partial charge in [0.15, 0.2) is 17.6 Å². The molecule has 2 aromatic carbocycles. The molecule has 4 rings (SSSR count). The van der Waals surface area contributed by atoms with Crippen molar-refractivity contribution in [2.24, 2.45) is 0 Å². The fraction of sp³-hybridized carbons (Fsp3) is 0.364. The average molecular weight is 395 g/mol. The van der Waals surface area contributed by atoms with Gasteiger partial charge in [-0.1, -0.05) is 18.2 Å². The molecule has 0 spiro atoms. The molecule has 0 radical (unpaired) electrons. The summed E-state index contributed by atoms with van der Waals surface area (Å²) in [4.78, 5) is 26.4. The van der Waals surface area contributed by atoms with Gasteiger partial charge in [-0.15, -0.1) is 0 Å². The summed E-state index contributed by atoms with van der Waals surface area (Å²) in [5.74, 6) is 1.40. The quantitative estimate of drug-likeness (QED) is 0.834. The number of benzene rings is 2. The summed E-state index contributed by atoms with van der Waals surface area (Å²) in [5, 5.41) is 5.70. The Morgan fingerprint density at radius 3 is 2.72 bits per heavy atom. The van der Waals surface area contributed by atoms with E-state index >= 15 is 0 Å². The Hall–Kier alpha value is -3.22. The highest BCUT2D eigenvalue weighted by molar-refractivity contribution is 5.96. The number of urea groups is 1. The molecule has 0 unspecified atom stereocenters. The number of ether oxygens (including phenoxy) is 2. The van der Waals surface area contributed by atoms with Crippen LogP contribution in [0.25, 0.3) is 0 Å². The normalized spacial score (nSPS) is 20.5. The standard InChI is InChI=1S/C22H25N3O4/c1-14-7-8-17(9-15(14)2)25-12-16(10-21(25)26)24-22(27)23-11-18-13-28-19-5-3-4-6-20(19)29-18/h3-9,16,18H,10-13H2,1-2H3,(H2,23,24,27)/t16-,18-/m0/s1. The highest BCUT2D eigenvalue weighted by Gasteiger charge is 2.32. The number of amides is 3. The molecule has 2 aliphatic rings. The van der Waals surface area contributed by atoms with Crippen LogP contribution in [-0.4, -0.2) is 43.8 Å². The first-order chi connectivity index (χ1) is 14.0. The molecule has 2 aromatic rings. The van der Waals surface area contributed by atoms with E-state index in [1.54, 1.807) is 4.90 Å². The number of nitrogens with zero attached hydrogens (tertiary/aromatic N) is 1. The molecule has 0 saturated carbocycles. The fourth-order valence-corrected chi connectivity index (χ4v) is 3.55. The lowest BCUT2D eigenvalue weighted by molar-refractivity contribution is -0.117. The van der Waals surface area contributed by atoms with Crippen molar-refractivity contribution in [3.8, 4) is 11.5 Å². The van der Waals surface area contributed by atoms with Crippen LogP contribution in [0.5, 0.6) is 11.5 Å². The smallest absolute Gasteiger partial charge is 0.315 e. The minimum absolute atomic E-state index is 0.0131. The van der Waals surface area contributed by atoms with Crippen molar-refractivity contribution < 1.29 is 19.1 Å². The van der Waals surface area contributed by atoms with Crippen LogP contribution < -0.4 is 25.0 Å². The van der Waals surface area contributed by atoms with Crippen molar-refractivity contribution in [1.29, 1.82) is 0 Å². The van der Waals surface area contributed by atoms with Crippen molar-refractivity contribution in [2.45, 2.75) is 32.4 Å². The third kappa shape index (κ3) is 4.29. The third-order valence-electron chi connectivity index (χ3n) is 5.32. The molecule has 3 amide bonds. The van der Waals surface area contributed by atoms with Gasteiger partial charge in [0.05, 0.1) is 12.6 Å². The maximum atomic E-state index is 12.4. The Morgan fingerprint density at radius 1 is 1.14 bits per heavy atom. The van der Waals surface area contributed by atoms with E-state index in [1.165, 1.54) is 5.56 Å². The number of carbonyl (C=O) groups excluding carboxylic acids is 2. The van der Waals surface area contributed by atoms with Gasteiger partial charge in [0.25, 0.3) is 0 Å². The monoisotopic (exact) mass is 395 g/mol. The molecule has 152 valence electrons. The van der Waals surface area contributed by atoms with Gasteiger partial charge in [-0.05, 0) is 49.2 Å². The summed E-state index contributed by atoms with van der Waals surface area (Å²) in [6.07, 6.45) is 0.0319. The molecule has 2 N–H and O–H groups in total. The number of hydrogen-bond acceptors (Lipinski definition) is 4. The molecule has 0 bridgehead atoms. The lowest BCUT2D eigenvalue weighted by Crippen LogP contribution is -2.47. The van der Waals surface area contributed by atoms with E-state index in [0.717, 1.165) is 11.3 Å². The Labute approximate surface area is 170 Å². The molecule has 0 aromatic heterocycles. The summed E-state index contributed by atoms with van der Waals surface area (Å²) in [5.41, 5.74) is 3.20. The molecule has 2 heterocycles. The van der Waals surface area contributed by atoms with Gasteiger partial charge < -0.3 is 25.0 Å². The lowest BCUT2D eigenvalue weighted by atomic mass is 10.1. The number of rotatable bonds is 4. The zero-order chi connectivity index (χ0) is 20.4. The minimum atomic E-state index is -0.313. The molecule has 1 saturated heterocycles. The highest BCUT2D eigenvalue weighted by Crippen LogP contribution is 2.30. The van der Waals surface area contributed by atoms with Gasteiger partial charge in [0.1, 0.15) is 6.61 Å². The van der Waals surface area contributed by atoms with E-state index in [9.17, 15) is 9.59 Å². The summed E-state index contributed by atoms with van der Waals surface area (Å²) < 4.78 is 11.5. The largest absolute Gasteiger partial charge is 0.486 e. The second-order valence-electron chi connectivity index (χ2n) is 7.53. The van der Waals surface area contributed by atoms with Gasteiger partial charge >= 0.3 is 6.03 Å². The third-order valence-corrected chi connectivity index (χ3v) is 5.32. The highest BCUT2D eigenvalue weighted by atomic mass is 16.6. The number of nitrogens with one attached hydrogen (secondary N) is 2. The maximum Gasteiger partial charge on any atom is 0.315 e. The molecule has 7 nitrogen and oxygen atoms in total. The molecular formula is C22H25N3O4. The van der Waals surface area contributed by atoms with Gasteiger partial charge in [-0.25, -0.2) is 4.79 Å².